The normalized spacial score (nSPS) is 23.0. The first-order valence-corrected chi connectivity index (χ1v) is 7.24. The van der Waals surface area contributed by atoms with E-state index < -0.39 is 0 Å². The fraction of sp³-hybridized carbons (Fsp3) is 0.625. The van der Waals surface area contributed by atoms with Crippen LogP contribution in [0, 0.1) is 24.0 Å². The van der Waals surface area contributed by atoms with E-state index in [0.717, 1.165) is 17.5 Å². The average molecular weight is 292 g/mol. The van der Waals surface area contributed by atoms with Crippen molar-refractivity contribution in [3.05, 3.63) is 33.4 Å². The van der Waals surface area contributed by atoms with Gasteiger partial charge in [0, 0.05) is 6.07 Å². The maximum absolute atomic E-state index is 11.3. The summed E-state index contributed by atoms with van der Waals surface area (Å²) in [5.41, 5.74) is 2.07. The van der Waals surface area contributed by atoms with Crippen molar-refractivity contribution in [1.82, 2.24) is 0 Å². The van der Waals surface area contributed by atoms with Crippen LogP contribution in [0.25, 0.3) is 0 Å². The van der Waals surface area contributed by atoms with Gasteiger partial charge < -0.3 is 10.1 Å². The number of ether oxygens (including phenoxy) is 1. The van der Waals surface area contributed by atoms with Gasteiger partial charge in [-0.1, -0.05) is 0 Å². The Kier molecular flexibility index (Phi) is 3.74. The Bertz CT molecular complexity index is 579. The van der Waals surface area contributed by atoms with Crippen LogP contribution >= 0.6 is 0 Å². The van der Waals surface area contributed by atoms with Crippen molar-refractivity contribution in [2.75, 3.05) is 5.32 Å². The number of anilines is 1. The van der Waals surface area contributed by atoms with Gasteiger partial charge in [0.05, 0.1) is 22.2 Å². The smallest absolute Gasteiger partial charge is 0.292 e. The molecule has 0 amide bonds. The quantitative estimate of drug-likeness (QED) is 0.676. The van der Waals surface area contributed by atoms with Crippen LogP contribution in [0.15, 0.2) is 12.1 Å². The molecular formula is C16H24N2O3. The van der Waals surface area contributed by atoms with Crippen LogP contribution in [0.1, 0.15) is 45.2 Å². The molecule has 1 aliphatic heterocycles. The SMILES string of the molecule is Cc1cc(NC2CC(C)(C)OC2(C)C)c([N+](=O)[O-])cc1C. The van der Waals surface area contributed by atoms with E-state index in [-0.39, 0.29) is 27.9 Å². The molecule has 0 saturated carbocycles. The molecule has 1 unspecified atom stereocenters. The van der Waals surface area contributed by atoms with Crippen molar-refractivity contribution in [3.63, 3.8) is 0 Å². The first-order chi connectivity index (χ1) is 9.52. The molecule has 1 saturated heterocycles. The topological polar surface area (TPSA) is 64.4 Å². The molecule has 1 N–H and O–H groups in total. The summed E-state index contributed by atoms with van der Waals surface area (Å²) < 4.78 is 6.04. The number of nitrogens with one attached hydrogen (secondary N) is 1. The van der Waals surface area contributed by atoms with Gasteiger partial charge in [-0.3, -0.25) is 10.1 Å². The Balaban J connectivity index is 2.36. The molecule has 1 heterocycles. The standard InChI is InChI=1S/C16H24N2O3/c1-10-7-12(13(18(19)20)8-11(10)2)17-14-9-15(3,4)21-16(14,5)6/h7-8,14,17H,9H2,1-6H3. The Labute approximate surface area is 125 Å². The largest absolute Gasteiger partial charge is 0.374 e. The van der Waals surface area contributed by atoms with Crippen LogP contribution in [0.3, 0.4) is 0 Å². The van der Waals surface area contributed by atoms with Gasteiger partial charge in [0.2, 0.25) is 0 Å². The molecule has 1 atom stereocenters. The van der Waals surface area contributed by atoms with Crippen LogP contribution in [-0.2, 0) is 4.74 Å². The first-order valence-electron chi connectivity index (χ1n) is 7.24. The lowest BCUT2D eigenvalue weighted by Gasteiger charge is -2.28. The Hall–Kier alpha value is -1.62. The van der Waals surface area contributed by atoms with E-state index in [1.807, 2.05) is 47.6 Å². The van der Waals surface area contributed by atoms with E-state index in [1.165, 1.54) is 0 Å². The molecule has 0 aromatic heterocycles. The molecule has 0 bridgehead atoms. The molecule has 116 valence electrons. The number of hydrogen-bond acceptors (Lipinski definition) is 4. The van der Waals surface area contributed by atoms with Gasteiger partial charge in [-0.15, -0.1) is 0 Å². The number of benzene rings is 1. The van der Waals surface area contributed by atoms with E-state index in [2.05, 4.69) is 5.32 Å². The summed E-state index contributed by atoms with van der Waals surface area (Å²) in [4.78, 5) is 11.0. The van der Waals surface area contributed by atoms with Crippen molar-refractivity contribution >= 4 is 11.4 Å². The number of rotatable bonds is 3. The lowest BCUT2D eigenvalue weighted by atomic mass is 9.94. The maximum atomic E-state index is 11.3. The second kappa shape index (κ2) is 4.98. The predicted octanol–water partition coefficient (Wildman–Crippen LogP) is 3.97. The minimum atomic E-state index is -0.365. The summed E-state index contributed by atoms with van der Waals surface area (Å²) in [6, 6.07) is 3.52. The Morgan fingerprint density at radius 2 is 1.81 bits per heavy atom. The van der Waals surface area contributed by atoms with E-state index >= 15 is 0 Å². The number of nitrogens with zero attached hydrogens (tertiary/aromatic N) is 1. The minimum absolute atomic E-state index is 0.0355. The highest BCUT2D eigenvalue weighted by Crippen LogP contribution is 2.40. The van der Waals surface area contributed by atoms with Crippen molar-refractivity contribution in [1.29, 1.82) is 0 Å². The van der Waals surface area contributed by atoms with Crippen molar-refractivity contribution < 1.29 is 9.66 Å². The Morgan fingerprint density at radius 1 is 1.24 bits per heavy atom. The van der Waals surface area contributed by atoms with E-state index in [4.69, 9.17) is 4.74 Å². The van der Waals surface area contributed by atoms with Crippen LogP contribution in [0.2, 0.25) is 0 Å². The Morgan fingerprint density at radius 3 is 2.29 bits per heavy atom. The van der Waals surface area contributed by atoms with Gasteiger partial charge in [-0.25, -0.2) is 0 Å². The molecule has 0 aliphatic carbocycles. The van der Waals surface area contributed by atoms with Crippen LogP contribution in [0.4, 0.5) is 11.4 Å². The summed E-state index contributed by atoms with van der Waals surface area (Å²) in [6.07, 6.45) is 0.810. The molecule has 5 heteroatoms. The number of nitro benzene ring substituents is 1. The molecule has 0 spiro atoms. The van der Waals surface area contributed by atoms with Gasteiger partial charge in [-0.05, 0) is 65.2 Å². The lowest BCUT2D eigenvalue weighted by Crippen LogP contribution is -2.38. The predicted molar refractivity (Wildman–Crippen MR) is 83.8 cm³/mol. The van der Waals surface area contributed by atoms with E-state index in [0.29, 0.717) is 5.69 Å². The third-order valence-electron chi connectivity index (χ3n) is 4.21. The van der Waals surface area contributed by atoms with Crippen molar-refractivity contribution in [2.24, 2.45) is 0 Å². The second-order valence-electron chi connectivity index (χ2n) is 7.08. The molecule has 0 radical (unpaired) electrons. The highest BCUT2D eigenvalue weighted by Gasteiger charge is 2.46. The summed E-state index contributed by atoms with van der Waals surface area (Å²) in [5, 5.41) is 14.6. The molecule has 21 heavy (non-hydrogen) atoms. The number of aryl methyl sites for hydroxylation is 2. The summed E-state index contributed by atoms with van der Waals surface area (Å²) in [6.45, 7) is 12.0. The van der Waals surface area contributed by atoms with Crippen molar-refractivity contribution in [2.45, 2.75) is 65.2 Å². The summed E-state index contributed by atoms with van der Waals surface area (Å²) in [5.74, 6) is 0. The average Bonchev–Trinajstić information content (AvgIpc) is 2.51. The monoisotopic (exact) mass is 292 g/mol. The highest BCUT2D eigenvalue weighted by molar-refractivity contribution is 5.65. The fourth-order valence-electron chi connectivity index (χ4n) is 3.04. The number of hydrogen-bond donors (Lipinski definition) is 1. The maximum Gasteiger partial charge on any atom is 0.292 e. The zero-order chi connectivity index (χ0) is 16.0. The summed E-state index contributed by atoms with van der Waals surface area (Å²) >= 11 is 0. The fourth-order valence-corrected chi connectivity index (χ4v) is 3.04. The minimum Gasteiger partial charge on any atom is -0.374 e. The second-order valence-corrected chi connectivity index (χ2v) is 7.08. The highest BCUT2D eigenvalue weighted by atomic mass is 16.6. The molecule has 2 rings (SSSR count). The number of nitro groups is 1. The third-order valence-corrected chi connectivity index (χ3v) is 4.21. The molecule has 1 aromatic carbocycles. The van der Waals surface area contributed by atoms with E-state index in [1.54, 1.807) is 6.07 Å². The van der Waals surface area contributed by atoms with Crippen LogP contribution < -0.4 is 5.32 Å². The molecule has 1 aromatic rings. The van der Waals surface area contributed by atoms with Crippen LogP contribution in [0.5, 0.6) is 0 Å². The van der Waals surface area contributed by atoms with Crippen LogP contribution in [-0.4, -0.2) is 22.2 Å². The van der Waals surface area contributed by atoms with Gasteiger partial charge in [-0.2, -0.15) is 0 Å². The molecule has 5 nitrogen and oxygen atoms in total. The molecular weight excluding hydrogens is 268 g/mol. The zero-order valence-electron chi connectivity index (χ0n) is 13.6. The lowest BCUT2D eigenvalue weighted by molar-refractivity contribution is -0.384. The summed E-state index contributed by atoms with van der Waals surface area (Å²) in [7, 11) is 0. The van der Waals surface area contributed by atoms with Gasteiger partial charge in [0.1, 0.15) is 5.69 Å². The third kappa shape index (κ3) is 3.18. The zero-order valence-corrected chi connectivity index (χ0v) is 13.6. The van der Waals surface area contributed by atoms with Gasteiger partial charge in [0.25, 0.3) is 5.69 Å². The van der Waals surface area contributed by atoms with Gasteiger partial charge in [0.15, 0.2) is 0 Å². The van der Waals surface area contributed by atoms with Gasteiger partial charge >= 0.3 is 0 Å². The molecule has 1 fully saturated rings. The molecule has 1 aliphatic rings. The van der Waals surface area contributed by atoms with Crippen molar-refractivity contribution in [3.8, 4) is 0 Å². The van der Waals surface area contributed by atoms with E-state index in [9.17, 15) is 10.1 Å². The first kappa shape index (κ1) is 15.8.